The van der Waals surface area contributed by atoms with Gasteiger partial charge in [0, 0.05) is 47.5 Å². The van der Waals surface area contributed by atoms with E-state index in [-0.39, 0.29) is 11.6 Å². The molecule has 3 heterocycles. The number of halogens is 1. The van der Waals surface area contributed by atoms with Gasteiger partial charge in [-0.05, 0) is 73.6 Å². The van der Waals surface area contributed by atoms with Gasteiger partial charge in [-0.25, -0.2) is 9.37 Å². The van der Waals surface area contributed by atoms with E-state index in [0.717, 1.165) is 40.1 Å². The molecular weight excluding hydrogens is 417 g/mol. The van der Waals surface area contributed by atoms with E-state index in [0.29, 0.717) is 23.8 Å². The summed E-state index contributed by atoms with van der Waals surface area (Å²) in [5.41, 5.74) is 11.9. The quantitative estimate of drug-likeness (QED) is 0.479. The predicted molar refractivity (Wildman–Crippen MR) is 127 cm³/mol. The smallest absolute Gasteiger partial charge is 0.166 e. The molecule has 33 heavy (non-hydrogen) atoms. The maximum absolute atomic E-state index is 14.2. The van der Waals surface area contributed by atoms with Crippen molar-refractivity contribution in [3.63, 3.8) is 0 Å². The number of benzene rings is 1. The van der Waals surface area contributed by atoms with E-state index in [1.165, 1.54) is 31.2 Å². The summed E-state index contributed by atoms with van der Waals surface area (Å²) >= 11 is 0. The van der Waals surface area contributed by atoms with Crippen LogP contribution in [0.5, 0.6) is 5.75 Å². The maximum Gasteiger partial charge on any atom is 0.166 e. The summed E-state index contributed by atoms with van der Waals surface area (Å²) in [6.07, 6.45) is 7.60. The predicted octanol–water partition coefficient (Wildman–Crippen LogP) is 5.27. The van der Waals surface area contributed by atoms with Crippen molar-refractivity contribution in [3.05, 3.63) is 76.9 Å². The van der Waals surface area contributed by atoms with Gasteiger partial charge >= 0.3 is 0 Å². The van der Waals surface area contributed by atoms with E-state index in [4.69, 9.17) is 15.9 Å². The molecule has 2 bridgehead atoms. The number of ether oxygens (including phenoxy) is 1. The number of hydrogen-bond acceptors (Lipinski definition) is 6. The van der Waals surface area contributed by atoms with Crippen molar-refractivity contribution in [2.45, 2.75) is 38.8 Å². The summed E-state index contributed by atoms with van der Waals surface area (Å²) in [6, 6.07) is 10.4. The second-order valence-electron chi connectivity index (χ2n) is 8.66. The van der Waals surface area contributed by atoms with Crippen molar-refractivity contribution in [1.82, 2.24) is 15.3 Å². The molecule has 6 nitrogen and oxygen atoms in total. The van der Waals surface area contributed by atoms with E-state index < -0.39 is 6.10 Å². The number of nitrogens with zero attached hydrogens (tertiary/aromatic N) is 2. The zero-order valence-corrected chi connectivity index (χ0v) is 18.4. The first-order valence-corrected chi connectivity index (χ1v) is 11.2. The van der Waals surface area contributed by atoms with E-state index in [1.807, 2.05) is 25.1 Å². The summed E-state index contributed by atoms with van der Waals surface area (Å²) < 4.78 is 20.5. The minimum Gasteiger partial charge on any atom is -0.482 e. The summed E-state index contributed by atoms with van der Waals surface area (Å²) in [5, 5.41) is 11.6. The minimum atomic E-state index is -0.488. The SMILES string of the molecule is C[C@H]1Oc2cc(cnc2N)/C(=C(/C=N)CC2CC2)NCc2cccnc2-c2ccc(F)cc21. The molecule has 0 amide bonds. The highest BCUT2D eigenvalue weighted by Crippen LogP contribution is 2.38. The fourth-order valence-corrected chi connectivity index (χ4v) is 4.30. The molecule has 4 N–H and O–H groups in total. The first kappa shape index (κ1) is 21.1. The molecule has 0 unspecified atom stereocenters. The van der Waals surface area contributed by atoms with Gasteiger partial charge in [0.05, 0.1) is 5.69 Å². The molecule has 168 valence electrons. The van der Waals surface area contributed by atoms with E-state index in [1.54, 1.807) is 18.5 Å². The van der Waals surface area contributed by atoms with Gasteiger partial charge in [0.2, 0.25) is 0 Å². The Kier molecular flexibility index (Phi) is 5.54. The first-order chi connectivity index (χ1) is 16.0. The Morgan fingerprint density at radius 1 is 1.27 bits per heavy atom. The van der Waals surface area contributed by atoms with Gasteiger partial charge in [-0.3, -0.25) is 4.98 Å². The average Bonchev–Trinajstić information content (AvgIpc) is 3.64. The Morgan fingerprint density at radius 2 is 2.12 bits per heavy atom. The van der Waals surface area contributed by atoms with Crippen LogP contribution in [0.15, 0.2) is 54.4 Å². The lowest BCUT2D eigenvalue weighted by atomic mass is 9.96. The zero-order chi connectivity index (χ0) is 22.9. The average molecular weight is 444 g/mol. The van der Waals surface area contributed by atoms with Crippen LogP contribution in [0.4, 0.5) is 10.2 Å². The van der Waals surface area contributed by atoms with Crippen LogP contribution in [-0.2, 0) is 6.54 Å². The van der Waals surface area contributed by atoms with Crippen molar-refractivity contribution in [2.75, 3.05) is 5.73 Å². The lowest BCUT2D eigenvalue weighted by molar-refractivity contribution is 0.227. The molecule has 1 aromatic carbocycles. The van der Waals surface area contributed by atoms with Crippen molar-refractivity contribution < 1.29 is 9.13 Å². The summed E-state index contributed by atoms with van der Waals surface area (Å²) in [7, 11) is 0. The third kappa shape index (κ3) is 4.31. The molecule has 1 aliphatic carbocycles. The van der Waals surface area contributed by atoms with Gasteiger partial charge < -0.3 is 21.2 Å². The van der Waals surface area contributed by atoms with Crippen molar-refractivity contribution in [1.29, 1.82) is 5.41 Å². The van der Waals surface area contributed by atoms with Gasteiger partial charge in [0.1, 0.15) is 11.9 Å². The monoisotopic (exact) mass is 443 g/mol. The number of aromatic nitrogens is 2. The second kappa shape index (κ2) is 8.65. The fourth-order valence-electron chi connectivity index (χ4n) is 4.30. The molecule has 0 radical (unpaired) electrons. The number of rotatable bonds is 3. The number of hydrogen-bond donors (Lipinski definition) is 3. The maximum atomic E-state index is 14.2. The van der Waals surface area contributed by atoms with Crippen LogP contribution in [0.2, 0.25) is 0 Å². The van der Waals surface area contributed by atoms with Crippen molar-refractivity contribution in [3.8, 4) is 17.0 Å². The van der Waals surface area contributed by atoms with Crippen LogP contribution in [0.25, 0.3) is 17.0 Å². The number of nitrogens with two attached hydrogens (primary N) is 1. The van der Waals surface area contributed by atoms with Gasteiger partial charge in [-0.2, -0.15) is 0 Å². The summed E-state index contributed by atoms with van der Waals surface area (Å²) in [5.74, 6) is 0.960. The molecule has 1 aliphatic heterocycles. The second-order valence-corrected chi connectivity index (χ2v) is 8.66. The van der Waals surface area contributed by atoms with Gasteiger partial charge in [0.15, 0.2) is 11.6 Å². The number of nitrogens with one attached hydrogen (secondary N) is 2. The normalized spacial score (nSPS) is 19.0. The Balaban J connectivity index is 1.70. The number of nitrogen functional groups attached to an aromatic ring is 1. The summed E-state index contributed by atoms with van der Waals surface area (Å²) in [6.45, 7) is 2.36. The van der Waals surface area contributed by atoms with Crippen LogP contribution in [0, 0.1) is 17.1 Å². The zero-order valence-electron chi connectivity index (χ0n) is 18.4. The van der Waals surface area contributed by atoms with Crippen LogP contribution in [0.3, 0.4) is 0 Å². The lowest BCUT2D eigenvalue weighted by Crippen LogP contribution is -2.18. The topological polar surface area (TPSA) is 96.9 Å². The van der Waals surface area contributed by atoms with Crippen molar-refractivity contribution in [2.24, 2.45) is 5.92 Å². The van der Waals surface area contributed by atoms with Gasteiger partial charge in [-0.1, -0.05) is 6.07 Å². The molecule has 2 aromatic heterocycles. The van der Waals surface area contributed by atoms with E-state index in [2.05, 4.69) is 15.3 Å². The summed E-state index contributed by atoms with van der Waals surface area (Å²) in [4.78, 5) is 8.99. The highest BCUT2D eigenvalue weighted by molar-refractivity contribution is 5.89. The van der Waals surface area contributed by atoms with Crippen LogP contribution in [0.1, 0.15) is 49.0 Å². The Bertz CT molecular complexity index is 1250. The van der Waals surface area contributed by atoms with Crippen LogP contribution in [-0.4, -0.2) is 16.2 Å². The molecule has 0 saturated heterocycles. The van der Waals surface area contributed by atoms with Gasteiger partial charge in [0.25, 0.3) is 0 Å². The molecule has 1 saturated carbocycles. The fraction of sp³-hybridized carbons (Fsp3) is 0.269. The van der Waals surface area contributed by atoms with E-state index >= 15 is 0 Å². The number of pyridine rings is 2. The molecule has 1 fully saturated rings. The highest BCUT2D eigenvalue weighted by atomic mass is 19.1. The molecule has 5 rings (SSSR count). The molecule has 2 aliphatic rings. The number of fused-ring (bicyclic) bond motifs is 5. The van der Waals surface area contributed by atoms with Gasteiger partial charge in [-0.15, -0.1) is 0 Å². The molecule has 3 aromatic rings. The Labute approximate surface area is 192 Å². The number of allylic oxidation sites excluding steroid dienone is 1. The standard InChI is InChI=1S/C26H26FN5O/c1-15-22-11-20(27)6-7-21(22)25-17(3-2-8-30-25)13-31-24(18(12-28)9-16-4-5-16)19-10-23(33-15)26(29)32-14-19/h2-3,6-8,10-12,14-16,28,31H,4-5,9,13H2,1H3,(H2,29,32)/b24-18-,28-12?/t15-/m1/s1. The third-order valence-corrected chi connectivity index (χ3v) is 6.23. The van der Waals surface area contributed by atoms with E-state index in [9.17, 15) is 4.39 Å². The van der Waals surface area contributed by atoms with Crippen molar-refractivity contribution >= 4 is 17.7 Å². The van der Waals surface area contributed by atoms with Crippen LogP contribution >= 0.6 is 0 Å². The first-order valence-electron chi connectivity index (χ1n) is 11.2. The highest BCUT2D eigenvalue weighted by Gasteiger charge is 2.25. The Morgan fingerprint density at radius 3 is 2.91 bits per heavy atom. The largest absolute Gasteiger partial charge is 0.482 e. The third-order valence-electron chi connectivity index (χ3n) is 6.23. The number of anilines is 1. The minimum absolute atomic E-state index is 0.261. The van der Waals surface area contributed by atoms with Crippen LogP contribution < -0.4 is 15.8 Å². The molecule has 7 heteroatoms. The molecular formula is C26H26FN5O. The lowest BCUT2D eigenvalue weighted by Gasteiger charge is -2.23. The molecule has 1 atom stereocenters. The Hall–Kier alpha value is -3.74. The molecule has 0 spiro atoms.